The van der Waals surface area contributed by atoms with Gasteiger partial charge < -0.3 is 10.6 Å². The van der Waals surface area contributed by atoms with E-state index in [0.717, 1.165) is 24.9 Å². The minimum Gasteiger partial charge on any atom is -0.332 e. The molecular formula is C21H16BrIN2OS. The maximum atomic E-state index is 13.0. The van der Waals surface area contributed by atoms with Crippen molar-refractivity contribution in [3.8, 4) is 0 Å². The van der Waals surface area contributed by atoms with E-state index in [1.807, 2.05) is 78.9 Å². The Balaban J connectivity index is 1.79. The van der Waals surface area contributed by atoms with Crippen LogP contribution in [0.5, 0.6) is 0 Å². The van der Waals surface area contributed by atoms with Crippen molar-refractivity contribution in [2.24, 2.45) is 0 Å². The average molecular weight is 551 g/mol. The number of halogens is 2. The van der Waals surface area contributed by atoms with E-state index in [1.165, 1.54) is 0 Å². The third kappa shape index (κ3) is 5.37. The molecule has 2 N–H and O–H groups in total. The number of carbonyl (C=O) groups excluding carboxylic acids is 1. The number of thiocarbonyl (C=S) groups is 1. The molecule has 0 aliphatic carbocycles. The number of amides is 1. The maximum Gasteiger partial charge on any atom is 0.238 e. The standard InChI is InChI=1S/C21H16BrIN2OS/c22-16-11-12-18(17(23)13-16)24-21(27)25-20(26)19(14-7-3-1-4-8-14)15-9-5-2-6-10-15/h1-13,19H,(H2,24,25,26,27). The van der Waals surface area contributed by atoms with Crippen molar-refractivity contribution < 1.29 is 4.79 Å². The first kappa shape index (κ1) is 20.0. The molecule has 0 heterocycles. The average Bonchev–Trinajstić information content (AvgIpc) is 2.66. The van der Waals surface area contributed by atoms with Gasteiger partial charge >= 0.3 is 0 Å². The van der Waals surface area contributed by atoms with E-state index in [0.29, 0.717) is 0 Å². The van der Waals surface area contributed by atoms with Gasteiger partial charge in [0, 0.05) is 8.04 Å². The Morgan fingerprint density at radius 3 is 2.00 bits per heavy atom. The molecule has 0 fully saturated rings. The Bertz CT molecular complexity index is 911. The fraction of sp³-hybridized carbons (Fsp3) is 0.0476. The number of carbonyl (C=O) groups is 1. The zero-order valence-corrected chi connectivity index (χ0v) is 18.7. The van der Waals surface area contributed by atoms with Gasteiger partial charge in [0.1, 0.15) is 0 Å². The lowest BCUT2D eigenvalue weighted by atomic mass is 9.90. The van der Waals surface area contributed by atoms with Crippen molar-refractivity contribution in [2.75, 3.05) is 5.32 Å². The number of hydrogen-bond acceptors (Lipinski definition) is 2. The molecule has 0 bridgehead atoms. The third-order valence-electron chi connectivity index (χ3n) is 3.94. The second-order valence-electron chi connectivity index (χ2n) is 5.82. The van der Waals surface area contributed by atoms with Crippen LogP contribution >= 0.6 is 50.7 Å². The lowest BCUT2D eigenvalue weighted by Crippen LogP contribution is -2.38. The number of nitrogens with one attached hydrogen (secondary N) is 2. The molecule has 3 rings (SSSR count). The van der Waals surface area contributed by atoms with Gasteiger partial charge in [0.15, 0.2) is 5.11 Å². The lowest BCUT2D eigenvalue weighted by molar-refractivity contribution is -0.120. The summed E-state index contributed by atoms with van der Waals surface area (Å²) in [6, 6.07) is 25.2. The van der Waals surface area contributed by atoms with E-state index in [1.54, 1.807) is 0 Å². The first-order valence-electron chi connectivity index (χ1n) is 8.21. The summed E-state index contributed by atoms with van der Waals surface area (Å²) in [5.74, 6) is -0.604. The van der Waals surface area contributed by atoms with Gasteiger partial charge in [-0.2, -0.15) is 0 Å². The molecule has 3 aromatic carbocycles. The predicted molar refractivity (Wildman–Crippen MR) is 126 cm³/mol. The van der Waals surface area contributed by atoms with Gasteiger partial charge in [-0.3, -0.25) is 4.79 Å². The zero-order chi connectivity index (χ0) is 19.2. The molecule has 6 heteroatoms. The summed E-state index contributed by atoms with van der Waals surface area (Å²) < 4.78 is 1.99. The third-order valence-corrected chi connectivity index (χ3v) is 5.53. The van der Waals surface area contributed by atoms with Crippen LogP contribution in [-0.4, -0.2) is 11.0 Å². The van der Waals surface area contributed by atoms with Crippen LogP contribution in [0.4, 0.5) is 5.69 Å². The molecule has 0 atom stereocenters. The van der Waals surface area contributed by atoms with E-state index in [9.17, 15) is 4.79 Å². The van der Waals surface area contributed by atoms with Gasteiger partial charge in [-0.25, -0.2) is 0 Å². The van der Waals surface area contributed by atoms with Crippen LogP contribution in [0, 0.1) is 3.57 Å². The molecule has 0 aromatic heterocycles. The van der Waals surface area contributed by atoms with E-state index >= 15 is 0 Å². The summed E-state index contributed by atoms with van der Waals surface area (Å²) in [5.41, 5.74) is 2.68. The minimum absolute atomic E-state index is 0.169. The highest BCUT2D eigenvalue weighted by Gasteiger charge is 2.23. The van der Waals surface area contributed by atoms with E-state index in [2.05, 4.69) is 49.2 Å². The molecule has 3 nitrogen and oxygen atoms in total. The predicted octanol–water partition coefficient (Wildman–Crippen LogP) is 5.70. The molecule has 136 valence electrons. The number of benzene rings is 3. The van der Waals surface area contributed by atoms with Gasteiger partial charge in [-0.15, -0.1) is 0 Å². The van der Waals surface area contributed by atoms with Crippen LogP contribution in [0.3, 0.4) is 0 Å². The molecule has 0 aliphatic rings. The Hall–Kier alpha value is -1.77. The van der Waals surface area contributed by atoms with Crippen LogP contribution in [0.2, 0.25) is 0 Å². The van der Waals surface area contributed by atoms with Gasteiger partial charge in [0.2, 0.25) is 5.91 Å². The van der Waals surface area contributed by atoms with Gasteiger partial charge in [-0.1, -0.05) is 76.6 Å². The fourth-order valence-corrected chi connectivity index (χ4v) is 4.36. The molecule has 3 aromatic rings. The molecule has 1 amide bonds. The second kappa shape index (κ2) is 9.43. The molecule has 0 saturated heterocycles. The monoisotopic (exact) mass is 550 g/mol. The highest BCUT2D eigenvalue weighted by molar-refractivity contribution is 14.1. The van der Waals surface area contributed by atoms with Gasteiger partial charge in [-0.05, 0) is 64.1 Å². The molecule has 0 saturated carbocycles. The quantitative estimate of drug-likeness (QED) is 0.323. The van der Waals surface area contributed by atoms with Gasteiger partial charge in [0.05, 0.1) is 11.6 Å². The first-order valence-corrected chi connectivity index (χ1v) is 10.5. The number of rotatable bonds is 4. The Labute approximate surface area is 185 Å². The lowest BCUT2D eigenvalue weighted by Gasteiger charge is -2.19. The highest BCUT2D eigenvalue weighted by Crippen LogP contribution is 2.25. The van der Waals surface area contributed by atoms with Crippen LogP contribution in [0.25, 0.3) is 0 Å². The van der Waals surface area contributed by atoms with Crippen molar-refractivity contribution >= 4 is 67.4 Å². The first-order chi connectivity index (χ1) is 13.0. The summed E-state index contributed by atoms with van der Waals surface area (Å²) in [6.45, 7) is 0. The van der Waals surface area contributed by atoms with E-state index in [4.69, 9.17) is 12.2 Å². The summed E-state index contributed by atoms with van der Waals surface area (Å²) in [7, 11) is 0. The van der Waals surface area contributed by atoms with E-state index < -0.39 is 5.92 Å². The molecular weight excluding hydrogens is 535 g/mol. The van der Waals surface area contributed by atoms with Crippen molar-refractivity contribution in [1.82, 2.24) is 5.32 Å². The highest BCUT2D eigenvalue weighted by atomic mass is 127. The summed E-state index contributed by atoms with van der Waals surface area (Å²) in [5, 5.41) is 6.21. The SMILES string of the molecule is O=C(NC(=S)Nc1ccc(Br)cc1I)C(c1ccccc1)c1ccccc1. The van der Waals surface area contributed by atoms with Crippen LogP contribution < -0.4 is 10.6 Å². The van der Waals surface area contributed by atoms with Crippen LogP contribution in [0.15, 0.2) is 83.3 Å². The topological polar surface area (TPSA) is 41.1 Å². The molecule has 0 spiro atoms. The van der Waals surface area contributed by atoms with Crippen molar-refractivity contribution in [2.45, 2.75) is 5.92 Å². The number of anilines is 1. The maximum absolute atomic E-state index is 13.0. The number of hydrogen-bond donors (Lipinski definition) is 2. The Morgan fingerprint density at radius 1 is 0.926 bits per heavy atom. The summed E-state index contributed by atoms with van der Waals surface area (Å²) >= 11 is 11.0. The minimum atomic E-state index is -0.434. The van der Waals surface area contributed by atoms with Crippen LogP contribution in [0.1, 0.15) is 17.0 Å². The Kier molecular flexibility index (Phi) is 6.98. The summed E-state index contributed by atoms with van der Waals surface area (Å²) in [6.07, 6.45) is 0. The molecule has 27 heavy (non-hydrogen) atoms. The van der Waals surface area contributed by atoms with Gasteiger partial charge in [0.25, 0.3) is 0 Å². The smallest absolute Gasteiger partial charge is 0.238 e. The molecule has 0 radical (unpaired) electrons. The Morgan fingerprint density at radius 2 is 1.48 bits per heavy atom. The zero-order valence-electron chi connectivity index (χ0n) is 14.2. The van der Waals surface area contributed by atoms with E-state index in [-0.39, 0.29) is 11.0 Å². The second-order valence-corrected chi connectivity index (χ2v) is 8.31. The van der Waals surface area contributed by atoms with Crippen molar-refractivity contribution in [3.05, 3.63) is 98.0 Å². The normalized spacial score (nSPS) is 10.5. The molecule has 0 aliphatic heterocycles. The van der Waals surface area contributed by atoms with Crippen molar-refractivity contribution in [3.63, 3.8) is 0 Å². The van der Waals surface area contributed by atoms with Crippen molar-refractivity contribution in [1.29, 1.82) is 0 Å². The summed E-state index contributed by atoms with van der Waals surface area (Å²) in [4.78, 5) is 13.0. The fourth-order valence-electron chi connectivity index (χ4n) is 2.71. The van der Waals surface area contributed by atoms with Crippen LogP contribution in [-0.2, 0) is 4.79 Å². The largest absolute Gasteiger partial charge is 0.332 e. The molecule has 0 unspecified atom stereocenters.